The summed E-state index contributed by atoms with van der Waals surface area (Å²) in [6, 6.07) is 5.27. The van der Waals surface area contributed by atoms with Crippen LogP contribution in [0.2, 0.25) is 0 Å². The molecule has 2 aromatic heterocycles. The normalized spacial score (nSPS) is 14.2. The molecule has 3 nitrogen and oxygen atoms in total. The quantitative estimate of drug-likeness (QED) is 0.867. The fraction of sp³-hybridized carbons (Fsp3) is 0.250. The molecular formula is C12H12O3S2. The van der Waals surface area contributed by atoms with Gasteiger partial charge in [-0.05, 0) is 35.2 Å². The van der Waals surface area contributed by atoms with Gasteiger partial charge in [0.1, 0.15) is 0 Å². The standard InChI is InChI=1S/C12H12O3S2/c1-2-15-11(13)12(14,9-5-7-16-8-9)10-4-3-6-17-10/h3-8,14H,2H2,1H3. The van der Waals surface area contributed by atoms with E-state index in [1.54, 1.807) is 30.5 Å². The second kappa shape index (κ2) is 5.00. The fourth-order valence-electron chi connectivity index (χ4n) is 1.55. The Bertz CT molecular complexity index is 440. The Labute approximate surface area is 107 Å². The van der Waals surface area contributed by atoms with Crippen LogP contribution < -0.4 is 0 Å². The average Bonchev–Trinajstić information content (AvgIpc) is 3.01. The van der Waals surface area contributed by atoms with Crippen molar-refractivity contribution in [2.75, 3.05) is 6.61 Å². The van der Waals surface area contributed by atoms with Gasteiger partial charge in [-0.3, -0.25) is 0 Å². The van der Waals surface area contributed by atoms with Crippen molar-refractivity contribution in [1.82, 2.24) is 0 Å². The Morgan fingerprint density at radius 3 is 2.82 bits per heavy atom. The van der Waals surface area contributed by atoms with E-state index in [1.165, 1.54) is 22.7 Å². The molecule has 90 valence electrons. The summed E-state index contributed by atoms with van der Waals surface area (Å²) in [5, 5.41) is 16.1. The Hall–Kier alpha value is -1.17. The van der Waals surface area contributed by atoms with Crippen LogP contribution in [0.15, 0.2) is 34.3 Å². The highest BCUT2D eigenvalue weighted by Crippen LogP contribution is 2.35. The van der Waals surface area contributed by atoms with Crippen molar-refractivity contribution in [2.45, 2.75) is 12.5 Å². The minimum absolute atomic E-state index is 0.247. The van der Waals surface area contributed by atoms with Crippen molar-refractivity contribution >= 4 is 28.6 Å². The molecule has 0 aromatic carbocycles. The number of ether oxygens (including phenoxy) is 1. The number of aliphatic hydroxyl groups is 1. The van der Waals surface area contributed by atoms with Crippen molar-refractivity contribution in [3.05, 3.63) is 44.8 Å². The first-order valence-electron chi connectivity index (χ1n) is 5.15. The third-order valence-electron chi connectivity index (χ3n) is 2.39. The predicted molar refractivity (Wildman–Crippen MR) is 68.3 cm³/mol. The van der Waals surface area contributed by atoms with Crippen molar-refractivity contribution in [3.63, 3.8) is 0 Å². The van der Waals surface area contributed by atoms with Gasteiger partial charge in [-0.15, -0.1) is 11.3 Å². The number of hydrogen-bond donors (Lipinski definition) is 1. The van der Waals surface area contributed by atoms with E-state index in [1.807, 2.05) is 10.8 Å². The third kappa shape index (κ3) is 2.13. The van der Waals surface area contributed by atoms with Gasteiger partial charge in [-0.25, -0.2) is 4.79 Å². The zero-order chi connectivity index (χ0) is 12.3. The molecule has 0 aliphatic rings. The summed E-state index contributed by atoms with van der Waals surface area (Å²) >= 11 is 2.77. The molecule has 1 unspecified atom stereocenters. The van der Waals surface area contributed by atoms with Gasteiger partial charge in [-0.2, -0.15) is 11.3 Å². The van der Waals surface area contributed by atoms with Gasteiger partial charge >= 0.3 is 5.97 Å². The maximum atomic E-state index is 12.0. The predicted octanol–water partition coefficient (Wildman–Crippen LogP) is 2.61. The zero-order valence-corrected chi connectivity index (χ0v) is 10.9. The lowest BCUT2D eigenvalue weighted by molar-refractivity contribution is -0.161. The topological polar surface area (TPSA) is 46.5 Å². The van der Waals surface area contributed by atoms with E-state index >= 15 is 0 Å². The van der Waals surface area contributed by atoms with Crippen LogP contribution in [0, 0.1) is 0 Å². The van der Waals surface area contributed by atoms with E-state index in [0.717, 1.165) is 0 Å². The highest BCUT2D eigenvalue weighted by Gasteiger charge is 2.42. The molecule has 2 aromatic rings. The number of hydrogen-bond acceptors (Lipinski definition) is 5. The molecule has 0 radical (unpaired) electrons. The molecule has 0 aliphatic carbocycles. The van der Waals surface area contributed by atoms with Crippen LogP contribution >= 0.6 is 22.7 Å². The van der Waals surface area contributed by atoms with E-state index in [-0.39, 0.29) is 6.61 Å². The largest absolute Gasteiger partial charge is 0.463 e. The summed E-state index contributed by atoms with van der Waals surface area (Å²) in [6.45, 7) is 1.97. The van der Waals surface area contributed by atoms with E-state index in [4.69, 9.17) is 4.74 Å². The van der Waals surface area contributed by atoms with Gasteiger partial charge in [0.2, 0.25) is 5.60 Å². The maximum Gasteiger partial charge on any atom is 0.348 e. The molecule has 0 spiro atoms. The number of carbonyl (C=O) groups is 1. The van der Waals surface area contributed by atoms with E-state index in [0.29, 0.717) is 10.4 Å². The van der Waals surface area contributed by atoms with Crippen LogP contribution in [0.4, 0.5) is 0 Å². The number of esters is 1. The Morgan fingerprint density at radius 1 is 1.47 bits per heavy atom. The molecule has 0 bridgehead atoms. The van der Waals surface area contributed by atoms with Crippen molar-refractivity contribution < 1.29 is 14.6 Å². The zero-order valence-electron chi connectivity index (χ0n) is 9.25. The number of thiophene rings is 2. The minimum atomic E-state index is -1.68. The van der Waals surface area contributed by atoms with Crippen molar-refractivity contribution in [2.24, 2.45) is 0 Å². The third-order valence-corrected chi connectivity index (χ3v) is 4.05. The fourth-order valence-corrected chi connectivity index (χ4v) is 3.08. The lowest BCUT2D eigenvalue weighted by Crippen LogP contribution is -2.37. The SMILES string of the molecule is CCOC(=O)C(O)(c1ccsc1)c1cccs1. The molecule has 5 heteroatoms. The van der Waals surface area contributed by atoms with E-state index in [2.05, 4.69) is 0 Å². The van der Waals surface area contributed by atoms with Gasteiger partial charge in [0.25, 0.3) is 0 Å². The molecule has 0 aliphatic heterocycles. The first-order valence-corrected chi connectivity index (χ1v) is 6.98. The van der Waals surface area contributed by atoms with Gasteiger partial charge in [0.15, 0.2) is 0 Å². The monoisotopic (exact) mass is 268 g/mol. The Kier molecular flexibility index (Phi) is 3.61. The summed E-state index contributed by atoms with van der Waals surface area (Å²) < 4.78 is 4.98. The highest BCUT2D eigenvalue weighted by atomic mass is 32.1. The molecule has 0 saturated carbocycles. The molecule has 0 amide bonds. The van der Waals surface area contributed by atoms with Crippen LogP contribution in [0.25, 0.3) is 0 Å². The summed E-state index contributed by atoms with van der Waals surface area (Å²) in [4.78, 5) is 12.6. The summed E-state index contributed by atoms with van der Waals surface area (Å²) in [5.74, 6) is -0.624. The van der Waals surface area contributed by atoms with E-state index in [9.17, 15) is 9.90 Å². The van der Waals surface area contributed by atoms with Crippen molar-refractivity contribution in [1.29, 1.82) is 0 Å². The second-order valence-corrected chi connectivity index (χ2v) is 5.15. The molecule has 0 saturated heterocycles. The van der Waals surface area contributed by atoms with Gasteiger partial charge < -0.3 is 9.84 Å². The second-order valence-electron chi connectivity index (χ2n) is 3.42. The average molecular weight is 268 g/mol. The van der Waals surface area contributed by atoms with Gasteiger partial charge in [0, 0.05) is 5.56 Å². The summed E-state index contributed by atoms with van der Waals surface area (Å²) in [7, 11) is 0. The summed E-state index contributed by atoms with van der Waals surface area (Å²) in [5.41, 5.74) is -1.12. The van der Waals surface area contributed by atoms with Crippen LogP contribution in [-0.4, -0.2) is 17.7 Å². The number of carbonyl (C=O) groups excluding carboxylic acids is 1. The van der Waals surface area contributed by atoms with Gasteiger partial charge in [-0.1, -0.05) is 6.07 Å². The van der Waals surface area contributed by atoms with Crippen LogP contribution in [0.1, 0.15) is 17.4 Å². The van der Waals surface area contributed by atoms with Crippen LogP contribution in [-0.2, 0) is 15.1 Å². The smallest absolute Gasteiger partial charge is 0.348 e. The Morgan fingerprint density at radius 2 is 2.29 bits per heavy atom. The first kappa shape index (κ1) is 12.3. The number of rotatable bonds is 4. The lowest BCUT2D eigenvalue weighted by Gasteiger charge is -2.23. The molecule has 1 atom stereocenters. The molecular weight excluding hydrogens is 256 g/mol. The molecule has 2 rings (SSSR count). The summed E-state index contributed by atoms with van der Waals surface area (Å²) in [6.07, 6.45) is 0. The lowest BCUT2D eigenvalue weighted by atomic mass is 9.95. The first-order chi connectivity index (χ1) is 8.19. The maximum absolute atomic E-state index is 12.0. The van der Waals surface area contributed by atoms with E-state index < -0.39 is 11.6 Å². The molecule has 1 N–H and O–H groups in total. The van der Waals surface area contributed by atoms with Crippen LogP contribution in [0.3, 0.4) is 0 Å². The molecule has 0 fully saturated rings. The Balaban J connectivity index is 2.47. The molecule has 2 heterocycles. The van der Waals surface area contributed by atoms with Crippen molar-refractivity contribution in [3.8, 4) is 0 Å². The minimum Gasteiger partial charge on any atom is -0.463 e. The van der Waals surface area contributed by atoms with Gasteiger partial charge in [0.05, 0.1) is 11.5 Å². The highest BCUT2D eigenvalue weighted by molar-refractivity contribution is 7.10. The van der Waals surface area contributed by atoms with Crippen LogP contribution in [0.5, 0.6) is 0 Å². The molecule has 17 heavy (non-hydrogen) atoms.